The third-order valence-electron chi connectivity index (χ3n) is 4.85. The van der Waals surface area contributed by atoms with E-state index in [1.165, 1.54) is 7.11 Å². The molecule has 0 fully saturated rings. The Balaban J connectivity index is 1.66. The van der Waals surface area contributed by atoms with Gasteiger partial charge in [-0.15, -0.1) is 0 Å². The molecule has 3 rings (SSSR count). The predicted octanol–water partition coefficient (Wildman–Crippen LogP) is 4.31. The Morgan fingerprint density at radius 3 is 2.52 bits per heavy atom. The normalized spacial score (nSPS) is 10.6. The van der Waals surface area contributed by atoms with Crippen LogP contribution in [0, 0.1) is 20.8 Å². The Labute approximate surface area is 185 Å². The topological polar surface area (TPSA) is 82.4 Å². The first kappa shape index (κ1) is 22.4. The van der Waals surface area contributed by atoms with Crippen LogP contribution in [0.2, 0.25) is 5.02 Å². The summed E-state index contributed by atoms with van der Waals surface area (Å²) in [5.74, 6) is -0.659. The Kier molecular flexibility index (Phi) is 6.97. The second kappa shape index (κ2) is 9.66. The van der Waals surface area contributed by atoms with Gasteiger partial charge in [0.25, 0.3) is 5.91 Å². The zero-order valence-corrected chi connectivity index (χ0v) is 18.6. The summed E-state index contributed by atoms with van der Waals surface area (Å²) in [4.78, 5) is 25.0. The first-order valence-corrected chi connectivity index (χ1v) is 10.1. The van der Waals surface area contributed by atoms with Gasteiger partial charge in [-0.1, -0.05) is 41.9 Å². The average molecular weight is 442 g/mol. The summed E-state index contributed by atoms with van der Waals surface area (Å²) in [7, 11) is 1.48. The van der Waals surface area contributed by atoms with Crippen molar-refractivity contribution in [1.29, 1.82) is 0 Å². The number of esters is 1. The monoisotopic (exact) mass is 441 g/mol. The number of aromatic nitrogens is 2. The number of carbonyl (C=O) groups is 2. The summed E-state index contributed by atoms with van der Waals surface area (Å²) < 4.78 is 12.2. The lowest BCUT2D eigenvalue weighted by Crippen LogP contribution is -2.22. The summed E-state index contributed by atoms with van der Waals surface area (Å²) in [6, 6.07) is 13.1. The van der Waals surface area contributed by atoms with E-state index in [4.69, 9.17) is 21.1 Å². The van der Waals surface area contributed by atoms with Crippen molar-refractivity contribution in [1.82, 2.24) is 9.78 Å². The fourth-order valence-electron chi connectivity index (χ4n) is 3.22. The molecule has 0 unspecified atom stereocenters. The summed E-state index contributed by atoms with van der Waals surface area (Å²) in [5, 5.41) is 7.66. The van der Waals surface area contributed by atoms with Crippen LogP contribution in [0.15, 0.2) is 42.5 Å². The average Bonchev–Trinajstić information content (AvgIpc) is 3.02. The number of halogens is 1. The maximum absolute atomic E-state index is 12.6. The number of rotatable bonds is 7. The minimum atomic E-state index is -0.594. The molecular formula is C23H24ClN3O4. The zero-order valence-electron chi connectivity index (χ0n) is 17.9. The van der Waals surface area contributed by atoms with Crippen LogP contribution in [0.3, 0.4) is 0 Å². The van der Waals surface area contributed by atoms with E-state index in [-0.39, 0.29) is 0 Å². The van der Waals surface area contributed by atoms with Crippen molar-refractivity contribution < 1.29 is 19.1 Å². The van der Waals surface area contributed by atoms with E-state index in [9.17, 15) is 9.59 Å². The van der Waals surface area contributed by atoms with Crippen LogP contribution in [0.1, 0.15) is 32.9 Å². The van der Waals surface area contributed by atoms with Crippen molar-refractivity contribution in [2.75, 3.05) is 19.0 Å². The highest BCUT2D eigenvalue weighted by Gasteiger charge is 2.21. The Hall–Kier alpha value is -3.32. The number of carbonyl (C=O) groups excluding carboxylic acids is 2. The molecule has 0 saturated heterocycles. The van der Waals surface area contributed by atoms with Crippen LogP contribution in [-0.4, -0.2) is 35.4 Å². The van der Waals surface area contributed by atoms with E-state index >= 15 is 0 Å². The zero-order chi connectivity index (χ0) is 22.5. The van der Waals surface area contributed by atoms with E-state index in [0.29, 0.717) is 40.0 Å². The molecule has 0 bridgehead atoms. The molecule has 1 aromatic heterocycles. The molecule has 162 valence electrons. The molecule has 3 aromatic rings. The fourth-order valence-corrected chi connectivity index (χ4v) is 3.38. The first-order valence-electron chi connectivity index (χ1n) is 9.69. The number of hydrogen-bond acceptors (Lipinski definition) is 5. The molecule has 1 heterocycles. The highest BCUT2D eigenvalue weighted by molar-refractivity contribution is 6.31. The van der Waals surface area contributed by atoms with E-state index in [1.807, 2.05) is 37.3 Å². The lowest BCUT2D eigenvalue weighted by atomic mass is 10.2. The molecule has 0 aliphatic carbocycles. The molecule has 8 heteroatoms. The maximum atomic E-state index is 12.6. The molecule has 0 saturated carbocycles. The third kappa shape index (κ3) is 5.24. The number of nitrogens with one attached hydrogen (secondary N) is 1. The summed E-state index contributed by atoms with van der Waals surface area (Å²) in [6.07, 6.45) is 0. The minimum Gasteiger partial charge on any atom is -0.495 e. The Morgan fingerprint density at radius 2 is 1.84 bits per heavy atom. The van der Waals surface area contributed by atoms with Gasteiger partial charge in [-0.05, 0) is 38.0 Å². The van der Waals surface area contributed by atoms with Crippen LogP contribution in [-0.2, 0) is 16.1 Å². The second-order valence-corrected chi connectivity index (χ2v) is 7.52. The van der Waals surface area contributed by atoms with Gasteiger partial charge < -0.3 is 14.8 Å². The Morgan fingerprint density at radius 1 is 1.13 bits per heavy atom. The minimum absolute atomic E-state index is 0.364. The van der Waals surface area contributed by atoms with E-state index in [2.05, 4.69) is 10.4 Å². The van der Waals surface area contributed by atoms with Crippen molar-refractivity contribution in [3.8, 4) is 5.75 Å². The van der Waals surface area contributed by atoms with Gasteiger partial charge in [0.05, 0.1) is 30.7 Å². The summed E-state index contributed by atoms with van der Waals surface area (Å²) in [5.41, 5.74) is 3.90. The van der Waals surface area contributed by atoms with Crippen LogP contribution in [0.25, 0.3) is 0 Å². The smallest absolute Gasteiger partial charge is 0.342 e. The lowest BCUT2D eigenvalue weighted by molar-refractivity contribution is -0.119. The standard InChI is InChI=1S/C23H24ClN3O4/c1-14-10-19(20(30-4)11-18(14)24)25-21(28)13-31-23(29)22-15(2)26-27(16(22)3)12-17-8-6-5-7-9-17/h5-11H,12-13H2,1-4H3,(H,25,28). The van der Waals surface area contributed by atoms with Crippen molar-refractivity contribution >= 4 is 29.2 Å². The van der Waals surface area contributed by atoms with E-state index in [0.717, 1.165) is 11.1 Å². The van der Waals surface area contributed by atoms with Crippen molar-refractivity contribution in [2.45, 2.75) is 27.3 Å². The molecule has 0 atom stereocenters. The van der Waals surface area contributed by atoms with E-state index in [1.54, 1.807) is 30.7 Å². The van der Waals surface area contributed by atoms with Crippen molar-refractivity contribution in [3.05, 3.63) is 75.6 Å². The molecule has 7 nitrogen and oxygen atoms in total. The largest absolute Gasteiger partial charge is 0.495 e. The first-order chi connectivity index (χ1) is 14.8. The fraction of sp³-hybridized carbons (Fsp3) is 0.261. The number of ether oxygens (including phenoxy) is 2. The molecule has 1 N–H and O–H groups in total. The van der Waals surface area contributed by atoms with Crippen LogP contribution in [0.5, 0.6) is 5.75 Å². The summed E-state index contributed by atoms with van der Waals surface area (Å²) >= 11 is 6.08. The molecule has 0 radical (unpaired) electrons. The maximum Gasteiger partial charge on any atom is 0.342 e. The Bertz CT molecular complexity index is 1110. The van der Waals surface area contributed by atoms with E-state index < -0.39 is 18.5 Å². The van der Waals surface area contributed by atoms with Gasteiger partial charge in [0.2, 0.25) is 0 Å². The number of nitrogens with zero attached hydrogens (tertiary/aromatic N) is 2. The lowest BCUT2D eigenvalue weighted by Gasteiger charge is -2.12. The van der Waals surface area contributed by atoms with Crippen molar-refractivity contribution in [2.24, 2.45) is 0 Å². The number of aryl methyl sites for hydroxylation is 2. The SMILES string of the molecule is COc1cc(Cl)c(C)cc1NC(=O)COC(=O)c1c(C)nn(Cc2ccccc2)c1C. The van der Waals surface area contributed by atoms with Gasteiger partial charge in [-0.2, -0.15) is 5.10 Å². The molecule has 0 aliphatic heterocycles. The third-order valence-corrected chi connectivity index (χ3v) is 5.26. The molecule has 0 spiro atoms. The van der Waals surface area contributed by atoms with Gasteiger partial charge in [0, 0.05) is 11.1 Å². The number of methoxy groups -OCH3 is 1. The molecule has 31 heavy (non-hydrogen) atoms. The molecule has 0 aliphatic rings. The number of anilines is 1. The van der Waals surface area contributed by atoms with Gasteiger partial charge in [-0.25, -0.2) is 4.79 Å². The molecule has 1 amide bonds. The van der Waals surface area contributed by atoms with Crippen LogP contribution in [0.4, 0.5) is 5.69 Å². The van der Waals surface area contributed by atoms with Crippen LogP contribution < -0.4 is 10.1 Å². The highest BCUT2D eigenvalue weighted by Crippen LogP contribution is 2.30. The van der Waals surface area contributed by atoms with Gasteiger partial charge >= 0.3 is 5.97 Å². The quantitative estimate of drug-likeness (QED) is 0.552. The molecule has 2 aromatic carbocycles. The highest BCUT2D eigenvalue weighted by atomic mass is 35.5. The predicted molar refractivity (Wildman–Crippen MR) is 119 cm³/mol. The van der Waals surface area contributed by atoms with Gasteiger partial charge in [-0.3, -0.25) is 9.48 Å². The number of amides is 1. The second-order valence-electron chi connectivity index (χ2n) is 7.12. The number of hydrogen-bond donors (Lipinski definition) is 1. The van der Waals surface area contributed by atoms with Gasteiger partial charge in [0.1, 0.15) is 11.3 Å². The number of benzene rings is 2. The van der Waals surface area contributed by atoms with Crippen LogP contribution >= 0.6 is 11.6 Å². The van der Waals surface area contributed by atoms with Crippen molar-refractivity contribution in [3.63, 3.8) is 0 Å². The van der Waals surface area contributed by atoms with Gasteiger partial charge in [0.15, 0.2) is 6.61 Å². The summed E-state index contributed by atoms with van der Waals surface area (Å²) in [6.45, 7) is 5.47. The molecular weight excluding hydrogens is 418 g/mol.